The molecule has 0 N–H and O–H groups in total. The van der Waals surface area contributed by atoms with Crippen LogP contribution in [-0.4, -0.2) is 31.0 Å². The van der Waals surface area contributed by atoms with Gasteiger partial charge in [0.25, 0.3) is 5.91 Å². The predicted molar refractivity (Wildman–Crippen MR) is 67.3 cm³/mol. The molecule has 0 saturated heterocycles. The molecular formula is C14H18FNO2. The summed E-state index contributed by atoms with van der Waals surface area (Å²) in [6.07, 6.45) is 4.37. The van der Waals surface area contributed by atoms with E-state index in [0.717, 1.165) is 25.7 Å². The number of carbonyl (C=O) groups excluding carboxylic acids is 1. The number of ether oxygens (including phenoxy) is 1. The van der Waals surface area contributed by atoms with E-state index in [-0.39, 0.29) is 11.9 Å². The lowest BCUT2D eigenvalue weighted by molar-refractivity contribution is 0.0731. The lowest BCUT2D eigenvalue weighted by Gasteiger charge is -2.25. The van der Waals surface area contributed by atoms with Crippen LogP contribution < -0.4 is 4.74 Å². The van der Waals surface area contributed by atoms with Crippen LogP contribution in [0, 0.1) is 5.82 Å². The van der Waals surface area contributed by atoms with Gasteiger partial charge in [0, 0.05) is 13.1 Å². The Morgan fingerprint density at radius 1 is 1.39 bits per heavy atom. The van der Waals surface area contributed by atoms with Gasteiger partial charge in [0.1, 0.15) is 11.6 Å². The van der Waals surface area contributed by atoms with Crippen LogP contribution in [0.15, 0.2) is 18.2 Å². The summed E-state index contributed by atoms with van der Waals surface area (Å²) in [5.41, 5.74) is 0.298. The summed E-state index contributed by atoms with van der Waals surface area (Å²) in [6.45, 7) is 0. The molecule has 0 spiro atoms. The summed E-state index contributed by atoms with van der Waals surface area (Å²) < 4.78 is 18.4. The highest BCUT2D eigenvalue weighted by Crippen LogP contribution is 2.26. The van der Waals surface area contributed by atoms with Crippen molar-refractivity contribution in [1.29, 1.82) is 0 Å². The van der Waals surface area contributed by atoms with Crippen LogP contribution in [0.1, 0.15) is 36.0 Å². The first-order valence-corrected chi connectivity index (χ1v) is 6.24. The Balaban J connectivity index is 2.24. The van der Waals surface area contributed by atoms with E-state index < -0.39 is 5.82 Å². The number of rotatable bonds is 3. The standard InChI is InChI=1S/C14H18FNO2/c1-16(11-5-3-4-6-11)14(17)12-9-10(15)7-8-13(12)18-2/h7-9,11H,3-6H2,1-2H3. The largest absolute Gasteiger partial charge is 0.496 e. The first-order valence-electron chi connectivity index (χ1n) is 6.24. The van der Waals surface area contributed by atoms with Crippen LogP contribution in [0.25, 0.3) is 0 Å². The Bertz CT molecular complexity index is 441. The summed E-state index contributed by atoms with van der Waals surface area (Å²) in [4.78, 5) is 14.1. The fraction of sp³-hybridized carbons (Fsp3) is 0.500. The van der Waals surface area contributed by atoms with Gasteiger partial charge in [-0.3, -0.25) is 4.79 Å². The second kappa shape index (κ2) is 5.38. The molecule has 0 aliphatic heterocycles. The molecule has 0 atom stereocenters. The quantitative estimate of drug-likeness (QED) is 0.826. The van der Waals surface area contributed by atoms with Crippen molar-refractivity contribution in [2.75, 3.05) is 14.2 Å². The van der Waals surface area contributed by atoms with Crippen LogP contribution in [0.3, 0.4) is 0 Å². The van der Waals surface area contributed by atoms with Crippen LogP contribution >= 0.6 is 0 Å². The van der Waals surface area contributed by atoms with Gasteiger partial charge in [0.2, 0.25) is 0 Å². The number of nitrogens with zero attached hydrogens (tertiary/aromatic N) is 1. The SMILES string of the molecule is COc1ccc(F)cc1C(=O)N(C)C1CCCC1. The second-order valence-electron chi connectivity index (χ2n) is 4.70. The molecule has 4 heteroatoms. The topological polar surface area (TPSA) is 29.5 Å². The van der Waals surface area contributed by atoms with Crippen LogP contribution in [0.5, 0.6) is 5.75 Å². The van der Waals surface area contributed by atoms with Crippen molar-refractivity contribution in [2.45, 2.75) is 31.7 Å². The zero-order valence-corrected chi connectivity index (χ0v) is 10.8. The van der Waals surface area contributed by atoms with Gasteiger partial charge in [-0.15, -0.1) is 0 Å². The Kier molecular flexibility index (Phi) is 3.84. The van der Waals surface area contributed by atoms with Crippen LogP contribution in [0.4, 0.5) is 4.39 Å². The smallest absolute Gasteiger partial charge is 0.257 e. The molecule has 1 amide bonds. The summed E-state index contributed by atoms with van der Waals surface area (Å²) in [7, 11) is 3.27. The Morgan fingerprint density at radius 3 is 2.67 bits per heavy atom. The molecule has 2 rings (SSSR count). The number of halogens is 1. The molecular weight excluding hydrogens is 233 g/mol. The minimum absolute atomic E-state index is 0.168. The third-order valence-electron chi connectivity index (χ3n) is 3.58. The first-order chi connectivity index (χ1) is 8.63. The maximum atomic E-state index is 13.3. The van der Waals surface area contributed by atoms with Crippen LogP contribution in [0.2, 0.25) is 0 Å². The highest BCUT2D eigenvalue weighted by atomic mass is 19.1. The minimum atomic E-state index is -0.418. The van der Waals surface area contributed by atoms with Crippen molar-refractivity contribution in [3.63, 3.8) is 0 Å². The van der Waals surface area contributed by atoms with E-state index in [0.29, 0.717) is 11.3 Å². The zero-order valence-electron chi connectivity index (χ0n) is 10.8. The molecule has 1 aliphatic rings. The van der Waals surface area contributed by atoms with Crippen molar-refractivity contribution < 1.29 is 13.9 Å². The molecule has 0 aromatic heterocycles. The molecule has 1 saturated carbocycles. The Hall–Kier alpha value is -1.58. The lowest BCUT2D eigenvalue weighted by Crippen LogP contribution is -2.35. The Morgan fingerprint density at radius 2 is 2.06 bits per heavy atom. The number of benzene rings is 1. The number of carbonyl (C=O) groups is 1. The molecule has 1 fully saturated rings. The minimum Gasteiger partial charge on any atom is -0.496 e. The molecule has 0 heterocycles. The van der Waals surface area contributed by atoms with Gasteiger partial charge in [-0.1, -0.05) is 12.8 Å². The highest BCUT2D eigenvalue weighted by molar-refractivity contribution is 5.97. The predicted octanol–water partition coefficient (Wildman–Crippen LogP) is 2.85. The molecule has 18 heavy (non-hydrogen) atoms. The molecule has 0 bridgehead atoms. The van der Waals surface area contributed by atoms with Crippen molar-refractivity contribution in [3.05, 3.63) is 29.6 Å². The molecule has 1 aliphatic carbocycles. The summed E-state index contributed by atoms with van der Waals surface area (Å²) in [6, 6.07) is 4.30. The van der Waals surface area contributed by atoms with Gasteiger partial charge in [-0.2, -0.15) is 0 Å². The highest BCUT2D eigenvalue weighted by Gasteiger charge is 2.26. The third-order valence-corrected chi connectivity index (χ3v) is 3.58. The van der Waals surface area contributed by atoms with Crippen molar-refractivity contribution in [1.82, 2.24) is 4.90 Å². The fourth-order valence-corrected chi connectivity index (χ4v) is 2.49. The number of amides is 1. The molecule has 0 radical (unpaired) electrons. The van der Waals surface area contributed by atoms with Crippen LogP contribution in [-0.2, 0) is 0 Å². The fourth-order valence-electron chi connectivity index (χ4n) is 2.49. The van der Waals surface area contributed by atoms with Crippen molar-refractivity contribution >= 4 is 5.91 Å². The second-order valence-corrected chi connectivity index (χ2v) is 4.70. The van der Waals surface area contributed by atoms with Gasteiger partial charge in [-0.25, -0.2) is 4.39 Å². The molecule has 98 valence electrons. The maximum absolute atomic E-state index is 13.3. The molecule has 3 nitrogen and oxygen atoms in total. The maximum Gasteiger partial charge on any atom is 0.257 e. The van der Waals surface area contributed by atoms with E-state index in [1.54, 1.807) is 11.9 Å². The van der Waals surface area contributed by atoms with Gasteiger partial charge >= 0.3 is 0 Å². The van der Waals surface area contributed by atoms with Crippen molar-refractivity contribution in [2.24, 2.45) is 0 Å². The zero-order chi connectivity index (χ0) is 13.1. The van der Waals surface area contributed by atoms with Gasteiger partial charge in [0.15, 0.2) is 0 Å². The molecule has 1 aromatic rings. The average Bonchev–Trinajstić information content (AvgIpc) is 2.90. The van der Waals surface area contributed by atoms with E-state index in [9.17, 15) is 9.18 Å². The van der Waals surface area contributed by atoms with E-state index in [1.165, 1.54) is 25.3 Å². The van der Waals surface area contributed by atoms with Crippen molar-refractivity contribution in [3.8, 4) is 5.75 Å². The van der Waals surface area contributed by atoms with E-state index in [2.05, 4.69) is 0 Å². The molecule has 1 aromatic carbocycles. The first kappa shape index (κ1) is 12.9. The normalized spacial score (nSPS) is 15.7. The van der Waals surface area contributed by atoms with E-state index >= 15 is 0 Å². The van der Waals surface area contributed by atoms with Gasteiger partial charge in [-0.05, 0) is 31.0 Å². The number of hydrogen-bond donors (Lipinski definition) is 0. The Labute approximate surface area is 107 Å². The average molecular weight is 251 g/mol. The summed E-state index contributed by atoms with van der Waals surface area (Å²) in [5.74, 6) is -0.163. The van der Waals surface area contributed by atoms with E-state index in [1.807, 2.05) is 0 Å². The van der Waals surface area contributed by atoms with Gasteiger partial charge in [0.05, 0.1) is 12.7 Å². The summed E-state index contributed by atoms with van der Waals surface area (Å²) in [5, 5.41) is 0. The lowest BCUT2D eigenvalue weighted by atomic mass is 10.1. The molecule has 0 unspecified atom stereocenters. The van der Waals surface area contributed by atoms with Gasteiger partial charge < -0.3 is 9.64 Å². The number of hydrogen-bond acceptors (Lipinski definition) is 2. The monoisotopic (exact) mass is 251 g/mol. The third kappa shape index (κ3) is 2.47. The van der Waals surface area contributed by atoms with E-state index in [4.69, 9.17) is 4.74 Å². The summed E-state index contributed by atoms with van der Waals surface area (Å²) >= 11 is 0. The number of methoxy groups -OCH3 is 1.